The molecule has 17 heavy (non-hydrogen) atoms. The summed E-state index contributed by atoms with van der Waals surface area (Å²) >= 11 is 1.82. The van der Waals surface area contributed by atoms with Gasteiger partial charge >= 0.3 is 0 Å². The van der Waals surface area contributed by atoms with Gasteiger partial charge in [-0.2, -0.15) is 16.7 Å². The number of aliphatic hydroxyl groups is 1. The Morgan fingerprint density at radius 1 is 1.59 bits per heavy atom. The number of β-amino-alcohol motifs (C(OH)–C–C–N with tert-alkyl or cyclic N) is 1. The minimum Gasteiger partial charge on any atom is -0.392 e. The number of hydrogen-bond donors (Lipinski definition) is 2. The van der Waals surface area contributed by atoms with E-state index in [1.807, 2.05) is 11.8 Å². The Morgan fingerprint density at radius 2 is 2.41 bits per heavy atom. The summed E-state index contributed by atoms with van der Waals surface area (Å²) in [5, 5.41) is 16.5. The minimum absolute atomic E-state index is 0.0151. The van der Waals surface area contributed by atoms with E-state index in [2.05, 4.69) is 29.3 Å². The number of hydrogen-bond acceptors (Lipinski definition) is 6. The maximum Gasteiger partial charge on any atom is 0.243 e. The molecule has 1 aliphatic heterocycles. The molecule has 1 aliphatic rings. The SMILES string of the molecule is CC(C)CSCc1noc([C@H]2C[C@@H](O)CN2)n1. The summed E-state index contributed by atoms with van der Waals surface area (Å²) in [5.74, 6) is 3.91. The monoisotopic (exact) mass is 257 g/mol. The molecule has 0 aromatic carbocycles. The van der Waals surface area contributed by atoms with Crippen LogP contribution in [-0.4, -0.2) is 33.6 Å². The average Bonchev–Trinajstić information content (AvgIpc) is 2.86. The molecule has 6 heteroatoms. The van der Waals surface area contributed by atoms with Crippen LogP contribution in [0, 0.1) is 5.92 Å². The lowest BCUT2D eigenvalue weighted by molar-refractivity contribution is 0.191. The third kappa shape index (κ3) is 3.69. The van der Waals surface area contributed by atoms with Crippen molar-refractivity contribution in [2.75, 3.05) is 12.3 Å². The molecule has 2 heterocycles. The summed E-state index contributed by atoms with van der Waals surface area (Å²) in [6.45, 7) is 4.99. The number of rotatable bonds is 5. The van der Waals surface area contributed by atoms with E-state index >= 15 is 0 Å². The van der Waals surface area contributed by atoms with Gasteiger partial charge in [0.2, 0.25) is 5.89 Å². The van der Waals surface area contributed by atoms with Gasteiger partial charge in [-0.05, 0) is 18.1 Å². The van der Waals surface area contributed by atoms with Crippen LogP contribution in [0.4, 0.5) is 0 Å². The molecule has 0 spiro atoms. The third-order valence-corrected chi connectivity index (χ3v) is 3.94. The van der Waals surface area contributed by atoms with E-state index in [0.717, 1.165) is 17.3 Å². The molecule has 2 atom stereocenters. The van der Waals surface area contributed by atoms with Crippen molar-refractivity contribution in [3.05, 3.63) is 11.7 Å². The van der Waals surface area contributed by atoms with Crippen LogP contribution in [0.3, 0.4) is 0 Å². The van der Waals surface area contributed by atoms with Gasteiger partial charge < -0.3 is 14.9 Å². The van der Waals surface area contributed by atoms with Crippen LogP contribution in [-0.2, 0) is 5.75 Å². The first-order valence-electron chi connectivity index (χ1n) is 5.97. The van der Waals surface area contributed by atoms with Crippen molar-refractivity contribution in [2.45, 2.75) is 38.2 Å². The smallest absolute Gasteiger partial charge is 0.243 e. The van der Waals surface area contributed by atoms with Gasteiger partial charge in [-0.25, -0.2) is 0 Å². The molecule has 0 saturated carbocycles. The molecule has 0 aliphatic carbocycles. The highest BCUT2D eigenvalue weighted by Gasteiger charge is 2.27. The molecule has 2 N–H and O–H groups in total. The Balaban J connectivity index is 1.83. The van der Waals surface area contributed by atoms with E-state index in [9.17, 15) is 5.11 Å². The topological polar surface area (TPSA) is 71.2 Å². The van der Waals surface area contributed by atoms with Gasteiger partial charge in [0.15, 0.2) is 5.82 Å². The zero-order valence-electron chi connectivity index (χ0n) is 10.2. The Bertz CT molecular complexity index is 356. The fraction of sp³-hybridized carbons (Fsp3) is 0.818. The van der Waals surface area contributed by atoms with Crippen molar-refractivity contribution in [1.82, 2.24) is 15.5 Å². The summed E-state index contributed by atoms with van der Waals surface area (Å²) in [6.07, 6.45) is 0.353. The Labute approximate surface area is 105 Å². The highest BCUT2D eigenvalue weighted by molar-refractivity contribution is 7.98. The number of aromatic nitrogens is 2. The summed E-state index contributed by atoms with van der Waals surface area (Å²) in [5.41, 5.74) is 0. The van der Waals surface area contributed by atoms with Crippen molar-refractivity contribution in [1.29, 1.82) is 0 Å². The molecule has 1 saturated heterocycles. The summed E-state index contributed by atoms with van der Waals surface area (Å²) in [6, 6.07) is 0.0151. The average molecular weight is 257 g/mol. The van der Waals surface area contributed by atoms with E-state index in [1.165, 1.54) is 0 Å². The number of nitrogens with one attached hydrogen (secondary N) is 1. The van der Waals surface area contributed by atoms with E-state index in [-0.39, 0.29) is 12.1 Å². The minimum atomic E-state index is -0.300. The standard InChI is InChI=1S/C11H19N3O2S/c1-7(2)5-17-6-10-13-11(16-14-10)9-3-8(15)4-12-9/h7-9,12,15H,3-6H2,1-2H3/t8-,9-/m1/s1. The van der Waals surface area contributed by atoms with E-state index < -0.39 is 0 Å². The predicted octanol–water partition coefficient (Wildman–Crippen LogP) is 1.35. The van der Waals surface area contributed by atoms with Crippen LogP contribution in [0.15, 0.2) is 4.52 Å². The fourth-order valence-corrected chi connectivity index (χ4v) is 2.65. The van der Waals surface area contributed by atoms with Crippen molar-refractivity contribution >= 4 is 11.8 Å². The lowest BCUT2D eigenvalue weighted by Crippen LogP contribution is -2.15. The fourth-order valence-electron chi connectivity index (χ4n) is 1.76. The van der Waals surface area contributed by atoms with E-state index in [4.69, 9.17) is 4.52 Å². The molecule has 1 fully saturated rings. The molecule has 1 aromatic heterocycles. The second-order valence-corrected chi connectivity index (χ2v) is 5.84. The first-order chi connectivity index (χ1) is 8.15. The Morgan fingerprint density at radius 3 is 3.06 bits per heavy atom. The van der Waals surface area contributed by atoms with Gasteiger partial charge in [-0.1, -0.05) is 19.0 Å². The van der Waals surface area contributed by atoms with Gasteiger partial charge in [0.1, 0.15) is 0 Å². The van der Waals surface area contributed by atoms with E-state index in [1.54, 1.807) is 0 Å². The van der Waals surface area contributed by atoms with Crippen LogP contribution in [0.5, 0.6) is 0 Å². The van der Waals surface area contributed by atoms with Gasteiger partial charge in [0, 0.05) is 6.54 Å². The first-order valence-corrected chi connectivity index (χ1v) is 7.12. The molecule has 0 bridgehead atoms. The zero-order chi connectivity index (χ0) is 12.3. The number of nitrogens with zero attached hydrogens (tertiary/aromatic N) is 2. The summed E-state index contributed by atoms with van der Waals surface area (Å²) in [4.78, 5) is 4.35. The number of thioether (sulfide) groups is 1. The Hall–Kier alpha value is -0.590. The van der Waals surface area contributed by atoms with Crippen molar-refractivity contribution in [3.8, 4) is 0 Å². The van der Waals surface area contributed by atoms with Crippen molar-refractivity contribution in [2.24, 2.45) is 5.92 Å². The molecule has 2 rings (SSSR count). The molecule has 0 amide bonds. The highest BCUT2D eigenvalue weighted by Crippen LogP contribution is 2.22. The van der Waals surface area contributed by atoms with Gasteiger partial charge in [-0.15, -0.1) is 0 Å². The van der Waals surface area contributed by atoms with E-state index in [0.29, 0.717) is 24.8 Å². The molecular formula is C11H19N3O2S. The summed E-state index contributed by atoms with van der Waals surface area (Å²) < 4.78 is 5.21. The maximum absolute atomic E-state index is 9.41. The van der Waals surface area contributed by atoms with Gasteiger partial charge in [0.25, 0.3) is 0 Å². The van der Waals surface area contributed by atoms with Crippen LogP contribution >= 0.6 is 11.8 Å². The van der Waals surface area contributed by atoms with Crippen molar-refractivity contribution < 1.29 is 9.63 Å². The second kappa shape index (κ2) is 5.84. The largest absolute Gasteiger partial charge is 0.392 e. The molecule has 0 radical (unpaired) electrons. The third-order valence-electron chi connectivity index (χ3n) is 2.57. The Kier molecular flexibility index (Phi) is 4.42. The van der Waals surface area contributed by atoms with Crippen LogP contribution in [0.25, 0.3) is 0 Å². The molecular weight excluding hydrogens is 238 g/mol. The quantitative estimate of drug-likeness (QED) is 0.830. The van der Waals surface area contributed by atoms with Crippen LogP contribution in [0.1, 0.15) is 38.0 Å². The van der Waals surface area contributed by atoms with Crippen LogP contribution in [0.2, 0.25) is 0 Å². The highest BCUT2D eigenvalue weighted by atomic mass is 32.2. The molecule has 5 nitrogen and oxygen atoms in total. The summed E-state index contributed by atoms with van der Waals surface area (Å²) in [7, 11) is 0. The lowest BCUT2D eigenvalue weighted by Gasteiger charge is -2.02. The van der Waals surface area contributed by atoms with Gasteiger partial charge in [-0.3, -0.25) is 0 Å². The number of aliphatic hydroxyl groups excluding tert-OH is 1. The van der Waals surface area contributed by atoms with Gasteiger partial charge in [0.05, 0.1) is 17.9 Å². The lowest BCUT2D eigenvalue weighted by atomic mass is 10.2. The second-order valence-electron chi connectivity index (χ2n) is 4.81. The normalized spacial score (nSPS) is 24.7. The maximum atomic E-state index is 9.41. The molecule has 96 valence electrons. The molecule has 0 unspecified atom stereocenters. The molecule has 1 aromatic rings. The van der Waals surface area contributed by atoms with Crippen molar-refractivity contribution in [3.63, 3.8) is 0 Å². The zero-order valence-corrected chi connectivity index (χ0v) is 11.0. The first kappa shape index (κ1) is 12.9. The predicted molar refractivity (Wildman–Crippen MR) is 66.7 cm³/mol. The van der Waals surface area contributed by atoms with Crippen LogP contribution < -0.4 is 5.32 Å².